The summed E-state index contributed by atoms with van der Waals surface area (Å²) in [6, 6.07) is 13.1. The molecule has 0 radical (unpaired) electrons. The number of carbonyl (C=O) groups excluding carboxylic acids is 2. The maximum atomic E-state index is 12.8. The molecule has 0 fully saturated rings. The van der Waals surface area contributed by atoms with Crippen molar-refractivity contribution < 1.29 is 14.3 Å². The van der Waals surface area contributed by atoms with Crippen molar-refractivity contribution in [3.05, 3.63) is 70.4 Å². The number of nitrogens with zero attached hydrogens (tertiary/aromatic N) is 1. The molecule has 1 aromatic heterocycles. The molecule has 0 atom stereocenters. The maximum Gasteiger partial charge on any atom is 0.339 e. The van der Waals surface area contributed by atoms with Crippen molar-refractivity contribution in [1.82, 2.24) is 4.98 Å². The molecule has 0 saturated carbocycles. The molecule has 0 bridgehead atoms. The molecule has 3 aromatic rings. The number of anilines is 1. The molecule has 0 saturated heterocycles. The summed E-state index contributed by atoms with van der Waals surface area (Å²) in [6.45, 7) is 7.51. The van der Waals surface area contributed by atoms with Gasteiger partial charge in [0.25, 0.3) is 5.91 Å². The number of esters is 1. The fraction of sp³-hybridized carbons (Fsp3) is 0.261. The quantitative estimate of drug-likeness (QED) is 0.665. The Hall–Kier alpha value is -3.21. The zero-order valence-electron chi connectivity index (χ0n) is 16.6. The van der Waals surface area contributed by atoms with Crippen LogP contribution in [0.15, 0.2) is 42.5 Å². The van der Waals surface area contributed by atoms with E-state index in [1.165, 1.54) is 0 Å². The van der Waals surface area contributed by atoms with Gasteiger partial charge in [0.1, 0.15) is 0 Å². The highest BCUT2D eigenvalue weighted by molar-refractivity contribution is 6.05. The number of benzene rings is 2. The number of pyridine rings is 1. The van der Waals surface area contributed by atoms with E-state index in [0.717, 1.165) is 33.3 Å². The topological polar surface area (TPSA) is 68.3 Å². The number of fused-ring (bicyclic) bond motifs is 1. The van der Waals surface area contributed by atoms with Gasteiger partial charge in [0, 0.05) is 16.8 Å². The molecule has 0 aliphatic heterocycles. The van der Waals surface area contributed by atoms with Crippen LogP contribution < -0.4 is 5.32 Å². The first-order chi connectivity index (χ1) is 13.4. The van der Waals surface area contributed by atoms with Crippen LogP contribution in [0.25, 0.3) is 10.9 Å². The van der Waals surface area contributed by atoms with Gasteiger partial charge in [0.2, 0.25) is 0 Å². The molecule has 28 heavy (non-hydrogen) atoms. The lowest BCUT2D eigenvalue weighted by atomic mass is 10.0. The third kappa shape index (κ3) is 4.03. The Morgan fingerprint density at radius 3 is 2.50 bits per heavy atom. The molecule has 0 aliphatic rings. The standard InChI is InChI=1S/C23H24N2O3/c1-5-19-16(4)22(18-8-6-7-9-20(18)25-19)23(27)28-13-21(26)24-17-11-10-14(2)15(3)12-17/h6-12H,5,13H2,1-4H3,(H,24,26). The van der Waals surface area contributed by atoms with E-state index >= 15 is 0 Å². The molecule has 1 heterocycles. The van der Waals surface area contributed by atoms with Gasteiger partial charge in [-0.05, 0) is 62.1 Å². The molecule has 3 rings (SSSR count). The molecule has 144 valence electrons. The number of hydrogen-bond acceptors (Lipinski definition) is 4. The van der Waals surface area contributed by atoms with E-state index in [9.17, 15) is 9.59 Å². The Labute approximate surface area is 164 Å². The summed E-state index contributed by atoms with van der Waals surface area (Å²) in [5.74, 6) is -0.885. The zero-order chi connectivity index (χ0) is 20.3. The van der Waals surface area contributed by atoms with Gasteiger partial charge in [0.15, 0.2) is 6.61 Å². The molecule has 2 aromatic carbocycles. The summed E-state index contributed by atoms with van der Waals surface area (Å²) in [4.78, 5) is 29.6. The minimum Gasteiger partial charge on any atom is -0.452 e. The SMILES string of the molecule is CCc1nc2ccccc2c(C(=O)OCC(=O)Nc2ccc(C)c(C)c2)c1C. The van der Waals surface area contributed by atoms with Crippen LogP contribution in [0.4, 0.5) is 5.69 Å². The van der Waals surface area contributed by atoms with E-state index in [2.05, 4.69) is 10.3 Å². The summed E-state index contributed by atoms with van der Waals surface area (Å²) in [5.41, 5.74) is 5.78. The highest BCUT2D eigenvalue weighted by atomic mass is 16.5. The van der Waals surface area contributed by atoms with Crippen LogP contribution in [0.2, 0.25) is 0 Å². The molecular weight excluding hydrogens is 352 g/mol. The van der Waals surface area contributed by atoms with E-state index in [1.807, 2.05) is 70.2 Å². The first-order valence-electron chi connectivity index (χ1n) is 9.33. The van der Waals surface area contributed by atoms with Crippen LogP contribution in [0.5, 0.6) is 0 Å². The molecule has 1 amide bonds. The highest BCUT2D eigenvalue weighted by Crippen LogP contribution is 2.24. The number of amides is 1. The Morgan fingerprint density at radius 1 is 1.04 bits per heavy atom. The second-order valence-electron chi connectivity index (χ2n) is 6.85. The van der Waals surface area contributed by atoms with E-state index in [-0.39, 0.29) is 12.5 Å². The summed E-state index contributed by atoms with van der Waals surface area (Å²) in [7, 11) is 0. The van der Waals surface area contributed by atoms with E-state index in [0.29, 0.717) is 17.7 Å². The van der Waals surface area contributed by atoms with Gasteiger partial charge in [-0.1, -0.05) is 31.2 Å². The first-order valence-corrected chi connectivity index (χ1v) is 9.33. The molecule has 5 heteroatoms. The predicted octanol–water partition coefficient (Wildman–Crippen LogP) is 4.52. The number of nitrogens with one attached hydrogen (secondary N) is 1. The molecule has 5 nitrogen and oxygen atoms in total. The Kier molecular flexibility index (Phi) is 5.73. The smallest absolute Gasteiger partial charge is 0.339 e. The van der Waals surface area contributed by atoms with Crippen LogP contribution in [-0.2, 0) is 16.0 Å². The Bertz CT molecular complexity index is 1060. The summed E-state index contributed by atoms with van der Waals surface area (Å²) < 4.78 is 5.33. The lowest BCUT2D eigenvalue weighted by Gasteiger charge is -2.13. The largest absolute Gasteiger partial charge is 0.452 e. The highest BCUT2D eigenvalue weighted by Gasteiger charge is 2.19. The van der Waals surface area contributed by atoms with Crippen molar-refractivity contribution in [1.29, 1.82) is 0 Å². The minimum absolute atomic E-state index is 0.344. The lowest BCUT2D eigenvalue weighted by molar-refractivity contribution is -0.119. The van der Waals surface area contributed by atoms with Gasteiger partial charge in [-0.25, -0.2) is 4.79 Å². The fourth-order valence-electron chi connectivity index (χ4n) is 3.18. The Morgan fingerprint density at radius 2 is 1.79 bits per heavy atom. The second kappa shape index (κ2) is 8.21. The van der Waals surface area contributed by atoms with Crippen molar-refractivity contribution in [2.45, 2.75) is 34.1 Å². The van der Waals surface area contributed by atoms with Crippen LogP contribution in [0.1, 0.15) is 39.7 Å². The van der Waals surface area contributed by atoms with Crippen LogP contribution in [0.3, 0.4) is 0 Å². The Balaban J connectivity index is 1.77. The van der Waals surface area contributed by atoms with Gasteiger partial charge in [-0.15, -0.1) is 0 Å². The third-order valence-corrected chi connectivity index (χ3v) is 4.90. The van der Waals surface area contributed by atoms with E-state index < -0.39 is 5.97 Å². The number of rotatable bonds is 5. The van der Waals surface area contributed by atoms with E-state index in [1.54, 1.807) is 0 Å². The zero-order valence-corrected chi connectivity index (χ0v) is 16.6. The number of para-hydroxylation sites is 1. The summed E-state index contributed by atoms with van der Waals surface area (Å²) in [6.07, 6.45) is 0.713. The van der Waals surface area contributed by atoms with Crippen molar-refractivity contribution in [2.75, 3.05) is 11.9 Å². The van der Waals surface area contributed by atoms with Gasteiger partial charge in [-0.2, -0.15) is 0 Å². The molecular formula is C23H24N2O3. The average molecular weight is 376 g/mol. The molecule has 0 aliphatic carbocycles. The lowest BCUT2D eigenvalue weighted by Crippen LogP contribution is -2.21. The number of aromatic nitrogens is 1. The summed E-state index contributed by atoms with van der Waals surface area (Å²) in [5, 5.41) is 3.50. The van der Waals surface area contributed by atoms with Gasteiger partial charge < -0.3 is 10.1 Å². The minimum atomic E-state index is -0.513. The van der Waals surface area contributed by atoms with Crippen molar-refractivity contribution in [3.63, 3.8) is 0 Å². The number of hydrogen-bond donors (Lipinski definition) is 1. The van der Waals surface area contributed by atoms with E-state index in [4.69, 9.17) is 4.74 Å². The monoisotopic (exact) mass is 376 g/mol. The third-order valence-electron chi connectivity index (χ3n) is 4.90. The number of ether oxygens (including phenoxy) is 1. The van der Waals surface area contributed by atoms with Gasteiger partial charge in [0.05, 0.1) is 11.1 Å². The number of carbonyl (C=O) groups is 2. The first kappa shape index (κ1) is 19.5. The average Bonchev–Trinajstić information content (AvgIpc) is 2.68. The van der Waals surface area contributed by atoms with Crippen LogP contribution in [0, 0.1) is 20.8 Å². The van der Waals surface area contributed by atoms with Crippen molar-refractivity contribution in [2.24, 2.45) is 0 Å². The van der Waals surface area contributed by atoms with Crippen molar-refractivity contribution in [3.8, 4) is 0 Å². The van der Waals surface area contributed by atoms with Gasteiger partial charge >= 0.3 is 5.97 Å². The molecule has 0 spiro atoms. The summed E-state index contributed by atoms with van der Waals surface area (Å²) >= 11 is 0. The second-order valence-corrected chi connectivity index (χ2v) is 6.85. The van der Waals surface area contributed by atoms with Gasteiger partial charge in [-0.3, -0.25) is 9.78 Å². The number of aryl methyl sites for hydroxylation is 3. The maximum absolute atomic E-state index is 12.8. The predicted molar refractivity (Wildman–Crippen MR) is 111 cm³/mol. The van der Waals surface area contributed by atoms with Crippen LogP contribution >= 0.6 is 0 Å². The normalized spacial score (nSPS) is 10.7. The van der Waals surface area contributed by atoms with Crippen molar-refractivity contribution >= 4 is 28.5 Å². The molecule has 1 N–H and O–H groups in total. The molecule has 0 unspecified atom stereocenters. The van der Waals surface area contributed by atoms with Crippen LogP contribution in [-0.4, -0.2) is 23.5 Å². The fourth-order valence-corrected chi connectivity index (χ4v) is 3.18.